The summed E-state index contributed by atoms with van der Waals surface area (Å²) in [5.41, 5.74) is 8.85. The van der Waals surface area contributed by atoms with E-state index in [9.17, 15) is 9.90 Å². The number of azide groups is 1. The van der Waals surface area contributed by atoms with E-state index in [1.165, 1.54) is 19.1 Å². The summed E-state index contributed by atoms with van der Waals surface area (Å²) < 4.78 is 0. The van der Waals surface area contributed by atoms with Gasteiger partial charge < -0.3 is 5.11 Å². The van der Waals surface area contributed by atoms with Crippen LogP contribution in [0.1, 0.15) is 22.8 Å². The highest BCUT2D eigenvalue weighted by Crippen LogP contribution is 2.18. The minimum absolute atomic E-state index is 0.0751. The number of rotatable bonds is 2. The summed E-state index contributed by atoms with van der Waals surface area (Å²) >= 11 is 0. The second-order valence-electron chi connectivity index (χ2n) is 2.98. The maximum atomic E-state index is 11.0. The van der Waals surface area contributed by atoms with Crippen molar-refractivity contribution >= 4 is 5.78 Å². The average Bonchev–Trinajstić information content (AvgIpc) is 2.24. The second-order valence-corrected chi connectivity index (χ2v) is 2.98. The van der Waals surface area contributed by atoms with E-state index < -0.39 is 0 Å². The number of ketones is 1. The van der Waals surface area contributed by atoms with Crippen LogP contribution in [0, 0.1) is 11.8 Å². The summed E-state index contributed by atoms with van der Waals surface area (Å²) in [5, 5.41) is 12.7. The van der Waals surface area contributed by atoms with E-state index in [4.69, 9.17) is 5.53 Å². The van der Waals surface area contributed by atoms with Gasteiger partial charge >= 0.3 is 0 Å². The van der Waals surface area contributed by atoms with Crippen LogP contribution in [0.4, 0.5) is 0 Å². The SMILES string of the molecule is CC(=O)c1ccc(C#CCN=[N+]=[N-])cc1O. The van der Waals surface area contributed by atoms with Crippen LogP contribution in [-0.2, 0) is 0 Å². The van der Waals surface area contributed by atoms with E-state index in [0.717, 1.165) is 0 Å². The number of aromatic hydroxyl groups is 1. The number of carbonyl (C=O) groups excluding carboxylic acids is 1. The largest absolute Gasteiger partial charge is 0.507 e. The van der Waals surface area contributed by atoms with E-state index in [0.29, 0.717) is 5.56 Å². The molecule has 0 aliphatic rings. The second kappa shape index (κ2) is 5.44. The lowest BCUT2D eigenvalue weighted by atomic mass is 10.1. The van der Waals surface area contributed by atoms with Gasteiger partial charge in [0, 0.05) is 10.5 Å². The van der Waals surface area contributed by atoms with Gasteiger partial charge in [-0.3, -0.25) is 4.79 Å². The third-order valence-corrected chi connectivity index (χ3v) is 1.82. The van der Waals surface area contributed by atoms with Crippen molar-refractivity contribution in [3.63, 3.8) is 0 Å². The molecule has 5 heteroatoms. The monoisotopic (exact) mass is 215 g/mol. The quantitative estimate of drug-likeness (QED) is 0.269. The molecule has 0 atom stereocenters. The highest BCUT2D eigenvalue weighted by Gasteiger charge is 2.05. The number of hydrogen-bond donors (Lipinski definition) is 1. The zero-order valence-electron chi connectivity index (χ0n) is 8.64. The maximum Gasteiger partial charge on any atom is 0.163 e. The van der Waals surface area contributed by atoms with Crippen molar-refractivity contribution < 1.29 is 9.90 Å². The summed E-state index contributed by atoms with van der Waals surface area (Å²) in [6, 6.07) is 4.54. The lowest BCUT2D eigenvalue weighted by Crippen LogP contribution is -1.92. The van der Waals surface area contributed by atoms with Crippen LogP contribution in [0.3, 0.4) is 0 Å². The Balaban J connectivity index is 2.92. The van der Waals surface area contributed by atoms with Crippen LogP contribution in [0.5, 0.6) is 5.75 Å². The molecule has 5 nitrogen and oxygen atoms in total. The Morgan fingerprint density at radius 3 is 2.94 bits per heavy atom. The van der Waals surface area contributed by atoms with Crippen molar-refractivity contribution in [3.05, 3.63) is 39.8 Å². The predicted molar refractivity (Wildman–Crippen MR) is 59.0 cm³/mol. The van der Waals surface area contributed by atoms with Gasteiger partial charge in [0.1, 0.15) is 5.75 Å². The molecule has 0 saturated carbocycles. The number of carbonyl (C=O) groups is 1. The fraction of sp³-hybridized carbons (Fsp3) is 0.182. The summed E-state index contributed by atoms with van der Waals surface area (Å²) in [7, 11) is 0. The molecule has 16 heavy (non-hydrogen) atoms. The Morgan fingerprint density at radius 1 is 1.62 bits per heavy atom. The Morgan fingerprint density at radius 2 is 2.38 bits per heavy atom. The van der Waals surface area contributed by atoms with Crippen molar-refractivity contribution in [1.82, 2.24) is 0 Å². The fourth-order valence-electron chi connectivity index (χ4n) is 1.12. The van der Waals surface area contributed by atoms with E-state index >= 15 is 0 Å². The van der Waals surface area contributed by atoms with Crippen molar-refractivity contribution in [2.24, 2.45) is 5.11 Å². The highest BCUT2D eigenvalue weighted by atomic mass is 16.3. The number of hydrogen-bond acceptors (Lipinski definition) is 3. The van der Waals surface area contributed by atoms with Gasteiger partial charge in [-0.15, -0.1) is 0 Å². The van der Waals surface area contributed by atoms with E-state index in [2.05, 4.69) is 21.9 Å². The fourth-order valence-corrected chi connectivity index (χ4v) is 1.12. The molecule has 0 unspecified atom stereocenters. The van der Waals surface area contributed by atoms with Gasteiger partial charge in [0.2, 0.25) is 0 Å². The first kappa shape index (κ1) is 11.6. The third-order valence-electron chi connectivity index (χ3n) is 1.82. The van der Waals surface area contributed by atoms with Gasteiger partial charge in [-0.05, 0) is 30.7 Å². The molecule has 0 fully saturated rings. The molecule has 0 heterocycles. The topological polar surface area (TPSA) is 86.1 Å². The number of phenols is 1. The molecular weight excluding hydrogens is 206 g/mol. The van der Waals surface area contributed by atoms with Crippen molar-refractivity contribution in [3.8, 4) is 17.6 Å². The maximum absolute atomic E-state index is 11.0. The predicted octanol–water partition coefficient (Wildman–Crippen LogP) is 2.26. The molecule has 1 aromatic rings. The first-order valence-electron chi connectivity index (χ1n) is 4.49. The first-order valence-corrected chi connectivity index (χ1v) is 4.49. The van der Waals surface area contributed by atoms with Crippen LogP contribution in [0.25, 0.3) is 10.4 Å². The Kier molecular flexibility index (Phi) is 3.96. The minimum Gasteiger partial charge on any atom is -0.507 e. The number of nitrogens with zero attached hydrogens (tertiary/aromatic N) is 3. The Bertz CT molecular complexity index is 520. The van der Waals surface area contributed by atoms with Gasteiger partial charge in [0.25, 0.3) is 0 Å². The molecule has 0 saturated heterocycles. The molecule has 1 aromatic carbocycles. The molecule has 0 amide bonds. The first-order chi connectivity index (χ1) is 7.65. The smallest absolute Gasteiger partial charge is 0.163 e. The zero-order valence-corrected chi connectivity index (χ0v) is 8.64. The van der Waals surface area contributed by atoms with Gasteiger partial charge in [-0.25, -0.2) is 0 Å². The van der Waals surface area contributed by atoms with Crippen LogP contribution in [-0.4, -0.2) is 17.4 Å². The molecule has 0 aliphatic heterocycles. The van der Waals surface area contributed by atoms with Gasteiger partial charge in [0.05, 0.1) is 12.1 Å². The van der Waals surface area contributed by atoms with Gasteiger partial charge in [-0.2, -0.15) is 0 Å². The lowest BCUT2D eigenvalue weighted by molar-refractivity contribution is 0.101. The van der Waals surface area contributed by atoms with E-state index in [-0.39, 0.29) is 23.6 Å². The summed E-state index contributed by atoms with van der Waals surface area (Å²) in [4.78, 5) is 13.6. The van der Waals surface area contributed by atoms with E-state index in [1.807, 2.05) is 0 Å². The Hall–Kier alpha value is -2.44. The molecule has 0 bridgehead atoms. The van der Waals surface area contributed by atoms with Crippen LogP contribution >= 0.6 is 0 Å². The number of phenolic OH excluding ortho intramolecular Hbond substituents is 1. The third kappa shape index (κ3) is 3.05. The van der Waals surface area contributed by atoms with Crippen LogP contribution < -0.4 is 0 Å². The van der Waals surface area contributed by atoms with E-state index in [1.54, 1.807) is 6.07 Å². The molecule has 1 N–H and O–H groups in total. The van der Waals surface area contributed by atoms with Crippen molar-refractivity contribution in [2.75, 3.05) is 6.54 Å². The lowest BCUT2D eigenvalue weighted by Gasteiger charge is -1.99. The molecule has 0 aliphatic carbocycles. The van der Waals surface area contributed by atoms with Crippen molar-refractivity contribution in [2.45, 2.75) is 6.92 Å². The number of Topliss-reactive ketones (excluding diaryl/α,β-unsaturated/α-hetero) is 1. The highest BCUT2D eigenvalue weighted by molar-refractivity contribution is 5.96. The molecule has 0 aromatic heterocycles. The Labute approximate surface area is 92.3 Å². The molecule has 0 radical (unpaired) electrons. The van der Waals surface area contributed by atoms with Crippen LogP contribution in [0.15, 0.2) is 23.3 Å². The number of benzene rings is 1. The van der Waals surface area contributed by atoms with Gasteiger partial charge in [0.15, 0.2) is 5.78 Å². The molecular formula is C11H9N3O2. The van der Waals surface area contributed by atoms with Crippen molar-refractivity contribution in [1.29, 1.82) is 0 Å². The standard InChI is InChI=1S/C11H9N3O2/c1-8(15)10-5-4-9(7-11(10)16)3-2-6-13-14-12/h4-5,7,16H,6H2,1H3. The summed E-state index contributed by atoms with van der Waals surface area (Å²) in [6.07, 6.45) is 0. The minimum atomic E-state index is -0.203. The normalized spacial score (nSPS) is 8.56. The molecule has 80 valence electrons. The molecule has 0 spiro atoms. The summed E-state index contributed by atoms with van der Waals surface area (Å²) in [5.74, 6) is 5.02. The summed E-state index contributed by atoms with van der Waals surface area (Å²) in [6.45, 7) is 1.45. The van der Waals surface area contributed by atoms with Crippen LogP contribution in [0.2, 0.25) is 0 Å². The average molecular weight is 215 g/mol. The van der Waals surface area contributed by atoms with Gasteiger partial charge in [-0.1, -0.05) is 17.0 Å². The molecule has 1 rings (SSSR count). The zero-order chi connectivity index (χ0) is 12.0.